The van der Waals surface area contributed by atoms with Crippen molar-refractivity contribution in [2.75, 3.05) is 83.9 Å². The first-order valence-corrected chi connectivity index (χ1v) is 19.8. The smallest absolute Gasteiger partial charge is 0.262 e. The van der Waals surface area contributed by atoms with Crippen molar-refractivity contribution in [3.8, 4) is 22.6 Å². The van der Waals surface area contributed by atoms with Gasteiger partial charge in [-0.15, -0.1) is 0 Å². The van der Waals surface area contributed by atoms with Gasteiger partial charge in [-0.25, -0.2) is 4.98 Å². The average Bonchev–Trinajstić information content (AvgIpc) is 3.72. The van der Waals surface area contributed by atoms with Crippen LogP contribution in [0.4, 0.5) is 11.5 Å². The highest BCUT2D eigenvalue weighted by Gasteiger charge is 2.49. The molecule has 4 aromatic rings. The van der Waals surface area contributed by atoms with Crippen LogP contribution in [0.25, 0.3) is 21.9 Å². The first kappa shape index (κ1) is 37.8. The van der Waals surface area contributed by atoms with Gasteiger partial charge in [0.25, 0.3) is 17.4 Å². The van der Waals surface area contributed by atoms with Gasteiger partial charge < -0.3 is 28.7 Å². The zero-order valence-electron chi connectivity index (χ0n) is 33.5. The van der Waals surface area contributed by atoms with Crippen LogP contribution in [0.1, 0.15) is 45.5 Å². The van der Waals surface area contributed by atoms with Crippen LogP contribution < -0.4 is 30.1 Å². The fourth-order valence-electron chi connectivity index (χ4n) is 9.67. The topological polar surface area (TPSA) is 150 Å². The molecular formula is C43H48N8O7. The number of aryl methyl sites for hydroxylation is 1. The van der Waals surface area contributed by atoms with E-state index in [-0.39, 0.29) is 29.7 Å². The van der Waals surface area contributed by atoms with Gasteiger partial charge in [0.1, 0.15) is 23.4 Å². The van der Waals surface area contributed by atoms with Crippen molar-refractivity contribution >= 4 is 45.9 Å². The highest BCUT2D eigenvalue weighted by Crippen LogP contribution is 2.44. The van der Waals surface area contributed by atoms with Gasteiger partial charge in [-0.1, -0.05) is 0 Å². The minimum atomic E-state index is -0.971. The third kappa shape index (κ3) is 6.36. The predicted molar refractivity (Wildman–Crippen MR) is 217 cm³/mol. The van der Waals surface area contributed by atoms with Crippen LogP contribution in [0.2, 0.25) is 0 Å². The number of aromatic nitrogens is 2. The van der Waals surface area contributed by atoms with Crippen molar-refractivity contribution in [3.05, 3.63) is 75.8 Å². The van der Waals surface area contributed by atoms with Crippen molar-refractivity contribution in [2.24, 2.45) is 18.4 Å². The number of amides is 4. The minimum Gasteiger partial charge on any atom is -0.496 e. The largest absolute Gasteiger partial charge is 0.496 e. The molecule has 302 valence electrons. The van der Waals surface area contributed by atoms with Gasteiger partial charge in [-0.05, 0) is 67.3 Å². The average molecular weight is 789 g/mol. The SMILES string of the molecule is COc1cc(-c2cn(C)c(=O)c3cnc(N(C)C)cc23)cc(OC)c1CN1CC(CN2CCC3(C2)CN(c2ccc4c(c2)C(=O)N(C2CCC(=O)NC2=O)C4=O)C3)C1. The van der Waals surface area contributed by atoms with E-state index in [0.717, 1.165) is 102 Å². The zero-order valence-corrected chi connectivity index (χ0v) is 33.5. The molecule has 9 rings (SSSR count). The molecule has 15 nitrogen and oxygen atoms in total. The molecule has 58 heavy (non-hydrogen) atoms. The third-order valence-corrected chi connectivity index (χ3v) is 12.7. The summed E-state index contributed by atoms with van der Waals surface area (Å²) in [4.78, 5) is 78.4. The van der Waals surface area contributed by atoms with E-state index in [1.807, 2.05) is 49.5 Å². The van der Waals surface area contributed by atoms with Crippen molar-refractivity contribution < 1.29 is 28.7 Å². The van der Waals surface area contributed by atoms with Crippen LogP contribution in [0.5, 0.6) is 11.5 Å². The Bertz CT molecular complexity index is 2430. The highest BCUT2D eigenvalue weighted by atomic mass is 16.5. The first-order valence-electron chi connectivity index (χ1n) is 19.8. The summed E-state index contributed by atoms with van der Waals surface area (Å²) in [6.45, 7) is 7.55. The first-order chi connectivity index (χ1) is 27.8. The van der Waals surface area contributed by atoms with E-state index in [0.29, 0.717) is 29.0 Å². The molecule has 5 aliphatic rings. The number of carbonyl (C=O) groups is 4. The third-order valence-electron chi connectivity index (χ3n) is 12.7. The number of imide groups is 2. The number of hydrogen-bond donors (Lipinski definition) is 1. The summed E-state index contributed by atoms with van der Waals surface area (Å²) in [6, 6.07) is 10.4. The molecule has 2 aromatic heterocycles. The lowest BCUT2D eigenvalue weighted by Gasteiger charge is -2.50. The van der Waals surface area contributed by atoms with Gasteiger partial charge in [0.2, 0.25) is 11.8 Å². The van der Waals surface area contributed by atoms with Crippen molar-refractivity contribution in [1.29, 1.82) is 0 Å². The number of carbonyl (C=O) groups excluding carboxylic acids is 4. The quantitative estimate of drug-likeness (QED) is 0.236. The molecule has 0 bridgehead atoms. The van der Waals surface area contributed by atoms with Crippen LogP contribution in [0.15, 0.2) is 53.6 Å². The molecule has 1 atom stereocenters. The number of fused-ring (bicyclic) bond motifs is 2. The number of anilines is 2. The number of nitrogens with zero attached hydrogens (tertiary/aromatic N) is 7. The van der Waals surface area contributed by atoms with E-state index < -0.39 is 23.8 Å². The Balaban J connectivity index is 0.812. The molecule has 0 radical (unpaired) electrons. The normalized spacial score (nSPS) is 20.7. The maximum absolute atomic E-state index is 13.4. The van der Waals surface area contributed by atoms with E-state index >= 15 is 0 Å². The molecule has 1 spiro atoms. The molecule has 4 saturated heterocycles. The van der Waals surface area contributed by atoms with E-state index in [9.17, 15) is 24.0 Å². The Hall–Kier alpha value is -5.80. The van der Waals surface area contributed by atoms with Gasteiger partial charge in [0.05, 0.1) is 36.3 Å². The van der Waals surface area contributed by atoms with Gasteiger partial charge in [-0.3, -0.25) is 39.1 Å². The molecular weight excluding hydrogens is 741 g/mol. The van der Waals surface area contributed by atoms with Crippen LogP contribution in [-0.2, 0) is 23.2 Å². The van der Waals surface area contributed by atoms with Gasteiger partial charge in [0.15, 0.2) is 0 Å². The summed E-state index contributed by atoms with van der Waals surface area (Å²) >= 11 is 0. The van der Waals surface area contributed by atoms with Crippen molar-refractivity contribution in [3.63, 3.8) is 0 Å². The van der Waals surface area contributed by atoms with E-state index in [2.05, 4.69) is 25.0 Å². The number of methoxy groups -OCH3 is 2. The van der Waals surface area contributed by atoms with Crippen LogP contribution in [0.3, 0.4) is 0 Å². The lowest BCUT2D eigenvalue weighted by Crippen LogP contribution is -2.58. The standard InChI is InChI=1S/C43H48N8O7/c1-46(2)37-15-29-31(16-44-37)40(54)47(3)20-32(29)26-12-35(57-4)33(36(13-26)58-5)21-49-18-25(19-49)17-48-11-10-43(22-48)23-50(24-43)27-6-7-28-30(14-27)42(56)51(41(28)55)34-8-9-38(52)45-39(34)53/h6-7,12-16,20,25,34H,8-11,17-19,21-24H2,1-5H3,(H,45,52,53). The van der Waals surface area contributed by atoms with Crippen LogP contribution in [-0.4, -0.2) is 128 Å². The Morgan fingerprint density at radius 1 is 0.879 bits per heavy atom. The number of nitrogens with one attached hydrogen (secondary N) is 1. The number of ether oxygens (including phenoxy) is 2. The number of likely N-dealkylation sites (tertiary alicyclic amines) is 2. The summed E-state index contributed by atoms with van der Waals surface area (Å²) in [5, 5.41) is 3.62. The molecule has 0 aliphatic carbocycles. The summed E-state index contributed by atoms with van der Waals surface area (Å²) < 4.78 is 13.5. The molecule has 5 aliphatic heterocycles. The van der Waals surface area contributed by atoms with Gasteiger partial charge >= 0.3 is 0 Å². The second-order valence-electron chi connectivity index (χ2n) is 16.9. The molecule has 7 heterocycles. The van der Waals surface area contributed by atoms with Crippen LogP contribution in [0, 0.1) is 11.3 Å². The fraction of sp³-hybridized carbons (Fsp3) is 0.442. The van der Waals surface area contributed by atoms with Gasteiger partial charge in [0, 0.05) is 108 Å². The summed E-state index contributed by atoms with van der Waals surface area (Å²) in [7, 11) is 8.97. The van der Waals surface area contributed by atoms with Crippen molar-refractivity contribution in [2.45, 2.75) is 31.8 Å². The fourth-order valence-corrected chi connectivity index (χ4v) is 9.67. The van der Waals surface area contributed by atoms with E-state index in [1.165, 1.54) is 0 Å². The maximum atomic E-state index is 13.4. The number of pyridine rings is 2. The lowest BCUT2D eigenvalue weighted by molar-refractivity contribution is -0.136. The second-order valence-corrected chi connectivity index (χ2v) is 16.9. The molecule has 1 N–H and O–H groups in total. The molecule has 1 unspecified atom stereocenters. The Morgan fingerprint density at radius 2 is 1.60 bits per heavy atom. The van der Waals surface area contributed by atoms with Gasteiger partial charge in [-0.2, -0.15) is 0 Å². The zero-order chi connectivity index (χ0) is 40.6. The molecule has 0 saturated carbocycles. The number of rotatable bonds is 10. The second kappa shape index (κ2) is 14.2. The summed E-state index contributed by atoms with van der Waals surface area (Å²) in [6.07, 6.45) is 4.86. The Kier molecular flexibility index (Phi) is 9.27. The number of piperidine rings is 1. The Morgan fingerprint density at radius 3 is 2.29 bits per heavy atom. The minimum absolute atomic E-state index is 0.0940. The predicted octanol–water partition coefficient (Wildman–Crippen LogP) is 2.73. The summed E-state index contributed by atoms with van der Waals surface area (Å²) in [5.41, 5.74) is 4.40. The number of benzene rings is 2. The monoisotopic (exact) mass is 788 g/mol. The van der Waals surface area contributed by atoms with Crippen LogP contribution >= 0.6 is 0 Å². The van der Waals surface area contributed by atoms with Crippen molar-refractivity contribution in [1.82, 2.24) is 29.6 Å². The molecule has 2 aromatic carbocycles. The van der Waals surface area contributed by atoms with E-state index in [4.69, 9.17) is 9.47 Å². The highest BCUT2D eigenvalue weighted by molar-refractivity contribution is 6.23. The molecule has 15 heteroatoms. The number of hydrogen-bond acceptors (Lipinski definition) is 12. The molecule has 4 amide bonds. The summed E-state index contributed by atoms with van der Waals surface area (Å²) in [5.74, 6) is 0.850. The molecule has 4 fully saturated rings. The van der Waals surface area contributed by atoms with E-state index in [1.54, 1.807) is 44.2 Å². The maximum Gasteiger partial charge on any atom is 0.262 e. The lowest BCUT2D eigenvalue weighted by atomic mass is 9.78. The Labute approximate surface area is 336 Å².